The van der Waals surface area contributed by atoms with Gasteiger partial charge in [0.25, 0.3) is 0 Å². The monoisotopic (exact) mass is 360 g/mol. The molecule has 0 aliphatic carbocycles. The number of esters is 1. The number of ether oxygens (including phenoxy) is 1. The largest absolute Gasteiger partial charge is 0.461 e. The molecule has 3 aromatic heterocycles. The Bertz CT molecular complexity index is 840. The summed E-state index contributed by atoms with van der Waals surface area (Å²) in [6.07, 6.45) is 3.20. The number of rotatable bonds is 8. The summed E-state index contributed by atoms with van der Waals surface area (Å²) in [6, 6.07) is 6.91. The second-order valence-corrected chi connectivity index (χ2v) is 5.93. The lowest BCUT2D eigenvalue weighted by Crippen LogP contribution is -2.16. The van der Waals surface area contributed by atoms with Gasteiger partial charge < -0.3 is 14.1 Å². The van der Waals surface area contributed by atoms with Gasteiger partial charge in [-0.1, -0.05) is 11.8 Å². The molecule has 3 rings (SSSR count). The van der Waals surface area contributed by atoms with Gasteiger partial charge >= 0.3 is 5.97 Å². The maximum Gasteiger partial charge on any atom is 0.316 e. The Morgan fingerprint density at radius 3 is 2.88 bits per heavy atom. The number of ketones is 1. The Morgan fingerprint density at radius 2 is 2.20 bits per heavy atom. The highest BCUT2D eigenvalue weighted by molar-refractivity contribution is 7.99. The molecule has 130 valence electrons. The molecule has 0 aromatic carbocycles. The van der Waals surface area contributed by atoms with Crippen molar-refractivity contribution in [3.05, 3.63) is 42.4 Å². The summed E-state index contributed by atoms with van der Waals surface area (Å²) in [4.78, 5) is 26.4. The third-order valence-corrected chi connectivity index (χ3v) is 4.30. The Balaban J connectivity index is 1.55. The van der Waals surface area contributed by atoms with Gasteiger partial charge in [0.15, 0.2) is 23.3 Å². The van der Waals surface area contributed by atoms with Crippen LogP contribution in [-0.4, -0.2) is 43.9 Å². The summed E-state index contributed by atoms with van der Waals surface area (Å²) in [5, 5.41) is 8.78. The standard InChI is InChI=1S/C16H16N4O4S/c1-2-20-15(13-6-4-8-23-13)18-19-16(20)25-10-14(22)24-9-12(21)11-5-3-7-17-11/h3-8,17H,2,9-10H2,1H3. The molecule has 0 radical (unpaired) electrons. The van der Waals surface area contributed by atoms with Crippen molar-refractivity contribution in [2.24, 2.45) is 0 Å². The zero-order valence-corrected chi connectivity index (χ0v) is 14.3. The number of Topliss-reactive ketones (excluding diaryl/α,β-unsaturated/α-hetero) is 1. The van der Waals surface area contributed by atoms with Gasteiger partial charge in [0, 0.05) is 12.7 Å². The van der Waals surface area contributed by atoms with E-state index in [0.29, 0.717) is 29.0 Å². The van der Waals surface area contributed by atoms with E-state index < -0.39 is 5.97 Å². The molecule has 0 aliphatic rings. The molecular weight excluding hydrogens is 344 g/mol. The number of H-pyrrole nitrogens is 1. The van der Waals surface area contributed by atoms with Crippen LogP contribution in [-0.2, 0) is 16.1 Å². The number of aromatic nitrogens is 4. The highest BCUT2D eigenvalue weighted by Crippen LogP contribution is 2.24. The summed E-state index contributed by atoms with van der Waals surface area (Å²) in [7, 11) is 0. The van der Waals surface area contributed by atoms with Gasteiger partial charge in [0.2, 0.25) is 5.78 Å². The number of furan rings is 1. The number of hydrogen-bond acceptors (Lipinski definition) is 7. The van der Waals surface area contributed by atoms with Crippen LogP contribution in [0, 0.1) is 0 Å². The van der Waals surface area contributed by atoms with Gasteiger partial charge in [0.1, 0.15) is 0 Å². The van der Waals surface area contributed by atoms with Crippen LogP contribution in [0.2, 0.25) is 0 Å². The minimum atomic E-state index is -0.491. The lowest BCUT2D eigenvalue weighted by Gasteiger charge is -2.06. The molecule has 0 amide bonds. The van der Waals surface area contributed by atoms with Crippen LogP contribution in [0.25, 0.3) is 11.6 Å². The van der Waals surface area contributed by atoms with Gasteiger partial charge in [-0.15, -0.1) is 10.2 Å². The predicted molar refractivity (Wildman–Crippen MR) is 90.2 cm³/mol. The van der Waals surface area contributed by atoms with Crippen molar-refractivity contribution in [3.63, 3.8) is 0 Å². The van der Waals surface area contributed by atoms with Crippen molar-refractivity contribution >= 4 is 23.5 Å². The fraction of sp³-hybridized carbons (Fsp3) is 0.250. The molecule has 1 N–H and O–H groups in total. The molecule has 0 atom stereocenters. The lowest BCUT2D eigenvalue weighted by molar-refractivity contribution is -0.139. The minimum Gasteiger partial charge on any atom is -0.461 e. The Labute approximate surface area is 147 Å². The Morgan fingerprint density at radius 1 is 1.32 bits per heavy atom. The summed E-state index contributed by atoms with van der Waals surface area (Å²) in [5.74, 6) is 0.481. The van der Waals surface area contributed by atoms with Crippen molar-refractivity contribution in [3.8, 4) is 11.6 Å². The van der Waals surface area contributed by atoms with Crippen molar-refractivity contribution in [2.45, 2.75) is 18.6 Å². The van der Waals surface area contributed by atoms with E-state index in [0.717, 1.165) is 0 Å². The first-order valence-electron chi connectivity index (χ1n) is 7.61. The Hall–Kier alpha value is -2.81. The first-order chi connectivity index (χ1) is 12.2. The van der Waals surface area contributed by atoms with E-state index in [1.165, 1.54) is 11.8 Å². The topological polar surface area (TPSA) is 103 Å². The van der Waals surface area contributed by atoms with Gasteiger partial charge in [-0.3, -0.25) is 14.2 Å². The van der Waals surface area contributed by atoms with Crippen LogP contribution >= 0.6 is 11.8 Å². The first kappa shape index (κ1) is 17.0. The second-order valence-electron chi connectivity index (χ2n) is 4.98. The highest BCUT2D eigenvalue weighted by atomic mass is 32.2. The third kappa shape index (κ3) is 4.00. The molecular formula is C16H16N4O4S. The summed E-state index contributed by atoms with van der Waals surface area (Å²) >= 11 is 1.20. The van der Waals surface area contributed by atoms with E-state index in [9.17, 15) is 9.59 Å². The number of nitrogens with zero attached hydrogens (tertiary/aromatic N) is 3. The maximum absolute atomic E-state index is 11.8. The molecule has 0 bridgehead atoms. The van der Waals surface area contributed by atoms with E-state index >= 15 is 0 Å². The molecule has 3 heterocycles. The van der Waals surface area contributed by atoms with Crippen LogP contribution in [0.4, 0.5) is 0 Å². The quantitative estimate of drug-likeness (QED) is 0.374. The SMILES string of the molecule is CCn1c(SCC(=O)OCC(=O)c2ccc[nH]2)nnc1-c1ccco1. The van der Waals surface area contributed by atoms with Crippen molar-refractivity contribution in [2.75, 3.05) is 12.4 Å². The number of nitrogens with one attached hydrogen (secondary N) is 1. The molecule has 0 aliphatic heterocycles. The van der Waals surface area contributed by atoms with Crippen LogP contribution in [0.3, 0.4) is 0 Å². The van der Waals surface area contributed by atoms with Crippen LogP contribution in [0.15, 0.2) is 46.3 Å². The van der Waals surface area contributed by atoms with E-state index in [1.54, 1.807) is 36.7 Å². The van der Waals surface area contributed by atoms with Gasteiger partial charge in [-0.2, -0.15) is 0 Å². The molecule has 0 unspecified atom stereocenters. The van der Waals surface area contributed by atoms with Crippen molar-refractivity contribution in [1.82, 2.24) is 19.7 Å². The molecule has 0 spiro atoms. The fourth-order valence-corrected chi connectivity index (χ4v) is 2.96. The molecule has 3 aromatic rings. The molecule has 0 saturated carbocycles. The zero-order valence-electron chi connectivity index (χ0n) is 13.5. The summed E-state index contributed by atoms with van der Waals surface area (Å²) in [6.45, 7) is 2.29. The molecule has 8 nitrogen and oxygen atoms in total. The van der Waals surface area contributed by atoms with Gasteiger partial charge in [-0.05, 0) is 31.2 Å². The molecule has 25 heavy (non-hydrogen) atoms. The lowest BCUT2D eigenvalue weighted by atomic mass is 10.3. The minimum absolute atomic E-state index is 0.0360. The first-order valence-corrected chi connectivity index (χ1v) is 8.59. The van der Waals surface area contributed by atoms with Crippen molar-refractivity contribution < 1.29 is 18.7 Å². The average Bonchev–Trinajstić information content (AvgIpc) is 3.38. The highest BCUT2D eigenvalue weighted by Gasteiger charge is 2.17. The predicted octanol–water partition coefficient (Wildman–Crippen LogP) is 2.40. The smallest absolute Gasteiger partial charge is 0.316 e. The third-order valence-electron chi connectivity index (χ3n) is 3.36. The number of hydrogen-bond donors (Lipinski definition) is 1. The molecule has 9 heteroatoms. The van der Waals surface area contributed by atoms with Crippen LogP contribution in [0.5, 0.6) is 0 Å². The van der Waals surface area contributed by atoms with Crippen LogP contribution in [0.1, 0.15) is 17.4 Å². The van der Waals surface area contributed by atoms with E-state index in [4.69, 9.17) is 9.15 Å². The van der Waals surface area contributed by atoms with E-state index in [1.807, 2.05) is 11.5 Å². The summed E-state index contributed by atoms with van der Waals surface area (Å²) in [5.41, 5.74) is 0.411. The number of carbonyl (C=O) groups excluding carboxylic acids is 2. The van der Waals surface area contributed by atoms with Crippen molar-refractivity contribution in [1.29, 1.82) is 0 Å². The number of carbonyl (C=O) groups is 2. The zero-order chi connectivity index (χ0) is 17.6. The van der Waals surface area contributed by atoms with Crippen LogP contribution < -0.4 is 0 Å². The number of thioether (sulfide) groups is 1. The summed E-state index contributed by atoms with van der Waals surface area (Å²) < 4.78 is 12.2. The van der Waals surface area contributed by atoms with Gasteiger partial charge in [-0.25, -0.2) is 0 Å². The normalized spacial score (nSPS) is 10.8. The second kappa shape index (κ2) is 7.84. The van der Waals surface area contributed by atoms with Gasteiger partial charge in [0.05, 0.1) is 17.7 Å². The van der Waals surface area contributed by atoms with E-state index in [2.05, 4.69) is 15.2 Å². The molecule has 0 saturated heterocycles. The molecule has 0 fully saturated rings. The maximum atomic E-state index is 11.8. The Kier molecular flexibility index (Phi) is 5.34. The van der Waals surface area contributed by atoms with E-state index in [-0.39, 0.29) is 18.1 Å². The average molecular weight is 360 g/mol. The fourth-order valence-electron chi connectivity index (χ4n) is 2.16. The number of aromatic amines is 1.